The number of aryl methyl sites for hydroxylation is 1. The van der Waals surface area contributed by atoms with E-state index < -0.39 is 0 Å². The highest BCUT2D eigenvalue weighted by Crippen LogP contribution is 2.05. The van der Waals surface area contributed by atoms with Gasteiger partial charge in [0, 0.05) is 31.1 Å². The first-order valence-corrected chi connectivity index (χ1v) is 5.31. The molecule has 1 aliphatic rings. The highest BCUT2D eigenvalue weighted by atomic mass is 16.1. The van der Waals surface area contributed by atoms with Gasteiger partial charge in [-0.1, -0.05) is 17.7 Å². The Hall–Kier alpha value is -1.35. The fourth-order valence-electron chi connectivity index (χ4n) is 1.62. The molecular weight excluding hydrogens is 188 g/mol. The van der Waals surface area contributed by atoms with Crippen molar-refractivity contribution >= 4 is 5.91 Å². The molecular formula is C12H16N2O. The maximum absolute atomic E-state index is 11.7. The second-order valence-corrected chi connectivity index (χ2v) is 4.10. The maximum atomic E-state index is 11.7. The molecule has 1 aromatic carbocycles. The topological polar surface area (TPSA) is 41.1 Å². The number of rotatable bonds is 3. The van der Waals surface area contributed by atoms with Gasteiger partial charge in [-0.3, -0.25) is 4.79 Å². The molecule has 0 atom stereocenters. The zero-order chi connectivity index (χ0) is 10.7. The zero-order valence-corrected chi connectivity index (χ0v) is 8.92. The second-order valence-electron chi connectivity index (χ2n) is 4.10. The summed E-state index contributed by atoms with van der Waals surface area (Å²) >= 11 is 0. The number of hydrogen-bond acceptors (Lipinski definition) is 2. The average molecular weight is 204 g/mol. The average Bonchev–Trinajstić information content (AvgIpc) is 2.15. The zero-order valence-electron chi connectivity index (χ0n) is 8.92. The number of amides is 1. The molecule has 1 heterocycles. The van der Waals surface area contributed by atoms with E-state index in [2.05, 4.69) is 10.6 Å². The molecule has 15 heavy (non-hydrogen) atoms. The Balaban J connectivity index is 1.89. The van der Waals surface area contributed by atoms with Crippen molar-refractivity contribution in [2.45, 2.75) is 6.92 Å². The van der Waals surface area contributed by atoms with Crippen molar-refractivity contribution in [3.63, 3.8) is 0 Å². The minimum Gasteiger partial charge on any atom is -0.352 e. The molecule has 0 aliphatic carbocycles. The molecule has 0 spiro atoms. The van der Waals surface area contributed by atoms with Crippen molar-refractivity contribution in [1.29, 1.82) is 0 Å². The minimum absolute atomic E-state index is 0.0330. The molecule has 2 rings (SSSR count). The first kappa shape index (κ1) is 10.2. The van der Waals surface area contributed by atoms with E-state index in [1.807, 2.05) is 31.2 Å². The van der Waals surface area contributed by atoms with Crippen molar-refractivity contribution in [1.82, 2.24) is 10.6 Å². The maximum Gasteiger partial charge on any atom is 0.251 e. The molecule has 0 aromatic heterocycles. The molecule has 0 saturated carbocycles. The van der Waals surface area contributed by atoms with E-state index >= 15 is 0 Å². The number of nitrogens with one attached hydrogen (secondary N) is 2. The van der Waals surface area contributed by atoms with Gasteiger partial charge in [0.1, 0.15) is 0 Å². The molecule has 1 amide bonds. The summed E-state index contributed by atoms with van der Waals surface area (Å²) in [5.41, 5.74) is 1.87. The smallest absolute Gasteiger partial charge is 0.251 e. The lowest BCUT2D eigenvalue weighted by Gasteiger charge is -2.27. The monoisotopic (exact) mass is 204 g/mol. The summed E-state index contributed by atoms with van der Waals surface area (Å²) < 4.78 is 0. The third-order valence-corrected chi connectivity index (χ3v) is 2.70. The molecule has 0 unspecified atom stereocenters. The van der Waals surface area contributed by atoms with E-state index in [-0.39, 0.29) is 5.91 Å². The summed E-state index contributed by atoms with van der Waals surface area (Å²) in [5, 5.41) is 6.13. The molecule has 1 aromatic rings. The Bertz CT molecular complexity index is 358. The molecule has 3 nitrogen and oxygen atoms in total. The first-order chi connectivity index (χ1) is 7.25. The van der Waals surface area contributed by atoms with Crippen LogP contribution in [0.15, 0.2) is 24.3 Å². The molecule has 1 aliphatic heterocycles. The van der Waals surface area contributed by atoms with E-state index in [1.165, 1.54) is 0 Å². The van der Waals surface area contributed by atoms with Crippen LogP contribution in [0.1, 0.15) is 15.9 Å². The van der Waals surface area contributed by atoms with Gasteiger partial charge < -0.3 is 10.6 Å². The van der Waals surface area contributed by atoms with Crippen LogP contribution in [0, 0.1) is 12.8 Å². The Morgan fingerprint density at radius 2 is 2.33 bits per heavy atom. The number of carbonyl (C=O) groups is 1. The van der Waals surface area contributed by atoms with Gasteiger partial charge in [0.25, 0.3) is 5.91 Å². The van der Waals surface area contributed by atoms with Gasteiger partial charge in [-0.2, -0.15) is 0 Å². The summed E-state index contributed by atoms with van der Waals surface area (Å²) in [5.74, 6) is 0.643. The summed E-state index contributed by atoms with van der Waals surface area (Å²) in [7, 11) is 0. The highest BCUT2D eigenvalue weighted by Gasteiger charge is 2.17. The van der Waals surface area contributed by atoms with Crippen LogP contribution in [0.2, 0.25) is 0 Å². The van der Waals surface area contributed by atoms with Gasteiger partial charge >= 0.3 is 0 Å². The van der Waals surface area contributed by atoms with E-state index in [4.69, 9.17) is 0 Å². The molecule has 2 N–H and O–H groups in total. The number of hydrogen-bond donors (Lipinski definition) is 2. The lowest BCUT2D eigenvalue weighted by Crippen LogP contribution is -2.48. The summed E-state index contributed by atoms with van der Waals surface area (Å²) in [6.45, 7) is 4.81. The van der Waals surface area contributed by atoms with Crippen LogP contribution in [0.25, 0.3) is 0 Å². The lowest BCUT2D eigenvalue weighted by atomic mass is 10.0. The SMILES string of the molecule is Cc1cccc(C(=O)NCC2CNC2)c1. The molecule has 1 fully saturated rings. The third-order valence-electron chi connectivity index (χ3n) is 2.70. The predicted molar refractivity (Wildman–Crippen MR) is 59.9 cm³/mol. The quantitative estimate of drug-likeness (QED) is 0.769. The Kier molecular flexibility index (Phi) is 3.02. The van der Waals surface area contributed by atoms with Crippen LogP contribution >= 0.6 is 0 Å². The largest absolute Gasteiger partial charge is 0.352 e. The van der Waals surface area contributed by atoms with Crippen LogP contribution in [0.4, 0.5) is 0 Å². The normalized spacial score (nSPS) is 15.8. The Morgan fingerprint density at radius 1 is 1.53 bits per heavy atom. The van der Waals surface area contributed by atoms with Gasteiger partial charge in [-0.05, 0) is 19.1 Å². The van der Waals surface area contributed by atoms with Crippen molar-refractivity contribution < 1.29 is 4.79 Å². The van der Waals surface area contributed by atoms with E-state index in [1.54, 1.807) is 0 Å². The fraction of sp³-hybridized carbons (Fsp3) is 0.417. The van der Waals surface area contributed by atoms with E-state index in [0.717, 1.165) is 30.8 Å². The number of benzene rings is 1. The summed E-state index contributed by atoms with van der Waals surface area (Å²) in [4.78, 5) is 11.7. The lowest BCUT2D eigenvalue weighted by molar-refractivity contribution is 0.0942. The predicted octanol–water partition coefficient (Wildman–Crippen LogP) is 0.944. The highest BCUT2D eigenvalue weighted by molar-refractivity contribution is 5.94. The third kappa shape index (κ3) is 2.57. The van der Waals surface area contributed by atoms with Gasteiger partial charge in [0.05, 0.1) is 0 Å². The van der Waals surface area contributed by atoms with Gasteiger partial charge in [0.2, 0.25) is 0 Å². The molecule has 80 valence electrons. The Labute approximate surface area is 89.9 Å². The molecule has 3 heteroatoms. The van der Waals surface area contributed by atoms with Crippen LogP contribution in [-0.4, -0.2) is 25.5 Å². The second kappa shape index (κ2) is 4.45. The summed E-state index contributed by atoms with van der Waals surface area (Å²) in [6, 6.07) is 7.66. The van der Waals surface area contributed by atoms with Crippen LogP contribution in [0.3, 0.4) is 0 Å². The van der Waals surface area contributed by atoms with Gasteiger partial charge in [0.15, 0.2) is 0 Å². The van der Waals surface area contributed by atoms with Gasteiger partial charge in [-0.25, -0.2) is 0 Å². The minimum atomic E-state index is 0.0330. The number of carbonyl (C=O) groups excluding carboxylic acids is 1. The van der Waals surface area contributed by atoms with Crippen LogP contribution in [0.5, 0.6) is 0 Å². The molecule has 0 bridgehead atoms. The Morgan fingerprint density at radius 3 is 2.93 bits per heavy atom. The molecule has 0 radical (unpaired) electrons. The fourth-order valence-corrected chi connectivity index (χ4v) is 1.62. The van der Waals surface area contributed by atoms with E-state index in [0.29, 0.717) is 5.92 Å². The summed E-state index contributed by atoms with van der Waals surface area (Å²) in [6.07, 6.45) is 0. The van der Waals surface area contributed by atoms with Gasteiger partial charge in [-0.15, -0.1) is 0 Å². The van der Waals surface area contributed by atoms with Crippen LogP contribution in [-0.2, 0) is 0 Å². The standard InChI is InChI=1S/C12H16N2O/c1-9-3-2-4-11(5-9)12(15)14-8-10-6-13-7-10/h2-5,10,13H,6-8H2,1H3,(H,14,15). The molecule has 1 saturated heterocycles. The van der Waals surface area contributed by atoms with Crippen molar-refractivity contribution in [2.75, 3.05) is 19.6 Å². The van der Waals surface area contributed by atoms with Crippen molar-refractivity contribution in [3.8, 4) is 0 Å². The van der Waals surface area contributed by atoms with Crippen molar-refractivity contribution in [2.24, 2.45) is 5.92 Å². The van der Waals surface area contributed by atoms with Crippen LogP contribution < -0.4 is 10.6 Å². The van der Waals surface area contributed by atoms with E-state index in [9.17, 15) is 4.79 Å². The van der Waals surface area contributed by atoms with Crippen molar-refractivity contribution in [3.05, 3.63) is 35.4 Å². The first-order valence-electron chi connectivity index (χ1n) is 5.31.